The van der Waals surface area contributed by atoms with E-state index >= 15 is 0 Å². The van der Waals surface area contributed by atoms with Gasteiger partial charge in [-0.25, -0.2) is 0 Å². The second-order valence-corrected chi connectivity index (χ2v) is 6.81. The minimum Gasteiger partial charge on any atom is -0.307 e. The number of rotatable bonds is 5. The summed E-state index contributed by atoms with van der Waals surface area (Å²) in [6.07, 6.45) is 9.44. The Hall–Kier alpha value is -0.580. The molecule has 1 fully saturated rings. The number of likely N-dealkylation sites (N-methyl/N-ethyl adjacent to an activating group) is 2. The molecular formula is C16H29ClN4. The Morgan fingerprint density at radius 3 is 2.38 bits per heavy atom. The van der Waals surface area contributed by atoms with Crippen LogP contribution in [0.15, 0.2) is 6.20 Å². The van der Waals surface area contributed by atoms with Crippen molar-refractivity contribution in [2.24, 2.45) is 7.05 Å². The molecule has 0 aromatic carbocycles. The van der Waals surface area contributed by atoms with Crippen LogP contribution in [0.3, 0.4) is 0 Å². The van der Waals surface area contributed by atoms with Crippen molar-refractivity contribution in [1.82, 2.24) is 20.0 Å². The van der Waals surface area contributed by atoms with E-state index in [0.717, 1.165) is 17.3 Å². The summed E-state index contributed by atoms with van der Waals surface area (Å²) in [5.74, 6) is 0. The fourth-order valence-corrected chi connectivity index (χ4v) is 4.10. The molecule has 120 valence electrons. The first-order valence-corrected chi connectivity index (χ1v) is 8.49. The first kappa shape index (κ1) is 16.8. The topological polar surface area (TPSA) is 33.1 Å². The maximum Gasteiger partial charge on any atom is 0.0834 e. The van der Waals surface area contributed by atoms with E-state index in [9.17, 15) is 0 Å². The average molecular weight is 313 g/mol. The van der Waals surface area contributed by atoms with E-state index < -0.39 is 0 Å². The summed E-state index contributed by atoms with van der Waals surface area (Å²) in [6, 6.07) is 0.218. The monoisotopic (exact) mass is 312 g/mol. The van der Waals surface area contributed by atoms with Gasteiger partial charge >= 0.3 is 0 Å². The lowest BCUT2D eigenvalue weighted by atomic mass is 9.79. The van der Waals surface area contributed by atoms with Crippen LogP contribution in [0.2, 0.25) is 5.02 Å². The van der Waals surface area contributed by atoms with Crippen molar-refractivity contribution < 1.29 is 0 Å². The molecule has 0 amide bonds. The number of hydrogen-bond donors (Lipinski definition) is 1. The van der Waals surface area contributed by atoms with Crippen LogP contribution in [-0.4, -0.2) is 40.9 Å². The van der Waals surface area contributed by atoms with Crippen LogP contribution in [0.4, 0.5) is 0 Å². The van der Waals surface area contributed by atoms with Gasteiger partial charge in [0.05, 0.1) is 23.0 Å². The Bertz CT molecular complexity index is 428. The van der Waals surface area contributed by atoms with Gasteiger partial charge in [0, 0.05) is 12.6 Å². The molecule has 0 saturated heterocycles. The summed E-state index contributed by atoms with van der Waals surface area (Å²) in [5.41, 5.74) is 1.23. The highest BCUT2D eigenvalue weighted by atomic mass is 35.5. The zero-order valence-corrected chi connectivity index (χ0v) is 14.6. The van der Waals surface area contributed by atoms with Crippen LogP contribution in [-0.2, 0) is 7.05 Å². The van der Waals surface area contributed by atoms with E-state index in [1.165, 1.54) is 38.5 Å². The molecule has 21 heavy (non-hydrogen) atoms. The Balaban J connectivity index is 2.46. The summed E-state index contributed by atoms with van der Waals surface area (Å²) >= 11 is 6.46. The number of aromatic nitrogens is 2. The van der Waals surface area contributed by atoms with Crippen molar-refractivity contribution in [1.29, 1.82) is 0 Å². The number of nitrogens with zero attached hydrogens (tertiary/aromatic N) is 3. The van der Waals surface area contributed by atoms with Gasteiger partial charge in [0.1, 0.15) is 0 Å². The lowest BCUT2D eigenvalue weighted by molar-refractivity contribution is 0.0772. The Kier molecular flexibility index (Phi) is 5.69. The fraction of sp³-hybridized carbons (Fsp3) is 0.812. The van der Waals surface area contributed by atoms with Crippen LogP contribution in [0.5, 0.6) is 0 Å². The van der Waals surface area contributed by atoms with E-state index in [0.29, 0.717) is 0 Å². The van der Waals surface area contributed by atoms with Crippen molar-refractivity contribution in [3.05, 3.63) is 16.9 Å². The van der Waals surface area contributed by atoms with E-state index in [2.05, 4.69) is 36.3 Å². The van der Waals surface area contributed by atoms with Gasteiger partial charge in [-0.1, -0.05) is 44.2 Å². The van der Waals surface area contributed by atoms with Crippen molar-refractivity contribution in [3.63, 3.8) is 0 Å². The zero-order valence-electron chi connectivity index (χ0n) is 13.8. The van der Waals surface area contributed by atoms with Gasteiger partial charge in [0.25, 0.3) is 0 Å². The Morgan fingerprint density at radius 1 is 1.33 bits per heavy atom. The second kappa shape index (κ2) is 7.12. The van der Waals surface area contributed by atoms with E-state index in [-0.39, 0.29) is 11.6 Å². The molecule has 2 rings (SSSR count). The molecule has 1 aliphatic carbocycles. The smallest absolute Gasteiger partial charge is 0.0834 e. The molecule has 1 unspecified atom stereocenters. The lowest BCUT2D eigenvalue weighted by Gasteiger charge is -2.46. The van der Waals surface area contributed by atoms with Crippen molar-refractivity contribution in [2.45, 2.75) is 57.0 Å². The van der Waals surface area contributed by atoms with E-state index in [1.54, 1.807) is 6.20 Å². The van der Waals surface area contributed by atoms with Gasteiger partial charge in [0.15, 0.2) is 0 Å². The van der Waals surface area contributed by atoms with Crippen molar-refractivity contribution in [2.75, 3.05) is 20.6 Å². The molecule has 5 heteroatoms. The van der Waals surface area contributed by atoms with Gasteiger partial charge in [-0.3, -0.25) is 4.68 Å². The summed E-state index contributed by atoms with van der Waals surface area (Å²) in [6.45, 7) is 3.10. The van der Waals surface area contributed by atoms with Crippen LogP contribution >= 0.6 is 11.6 Å². The van der Waals surface area contributed by atoms with E-state index in [4.69, 9.17) is 11.6 Å². The third kappa shape index (κ3) is 3.27. The fourth-order valence-electron chi connectivity index (χ4n) is 3.83. The van der Waals surface area contributed by atoms with Gasteiger partial charge in [-0.05, 0) is 33.5 Å². The largest absolute Gasteiger partial charge is 0.307 e. The highest BCUT2D eigenvalue weighted by Gasteiger charge is 2.43. The molecule has 0 radical (unpaired) electrons. The Morgan fingerprint density at radius 2 is 1.95 bits per heavy atom. The molecule has 0 bridgehead atoms. The second-order valence-electron chi connectivity index (χ2n) is 6.40. The highest BCUT2D eigenvalue weighted by Crippen LogP contribution is 2.42. The highest BCUT2D eigenvalue weighted by molar-refractivity contribution is 6.31. The van der Waals surface area contributed by atoms with Crippen LogP contribution in [0.25, 0.3) is 0 Å². The minimum atomic E-state index is 0.115. The molecule has 1 heterocycles. The molecular weight excluding hydrogens is 284 g/mol. The predicted molar refractivity (Wildman–Crippen MR) is 88.8 cm³/mol. The first-order valence-electron chi connectivity index (χ1n) is 8.11. The first-order chi connectivity index (χ1) is 10.0. The summed E-state index contributed by atoms with van der Waals surface area (Å²) in [7, 11) is 6.41. The van der Waals surface area contributed by atoms with Gasteiger partial charge in [0.2, 0.25) is 0 Å². The third-order valence-electron chi connectivity index (χ3n) is 5.02. The van der Waals surface area contributed by atoms with Crippen molar-refractivity contribution >= 4 is 11.6 Å². The minimum absolute atomic E-state index is 0.115. The maximum atomic E-state index is 6.46. The quantitative estimate of drug-likeness (QED) is 0.846. The van der Waals surface area contributed by atoms with Gasteiger partial charge in [-0.2, -0.15) is 5.10 Å². The van der Waals surface area contributed by atoms with Crippen LogP contribution < -0.4 is 5.32 Å². The van der Waals surface area contributed by atoms with Gasteiger partial charge in [-0.15, -0.1) is 0 Å². The normalized spacial score (nSPS) is 20.5. The van der Waals surface area contributed by atoms with Crippen LogP contribution in [0, 0.1) is 0 Å². The molecule has 0 aliphatic heterocycles. The summed E-state index contributed by atoms with van der Waals surface area (Å²) < 4.78 is 1.94. The molecule has 1 aromatic heterocycles. The third-order valence-corrected chi connectivity index (χ3v) is 5.31. The SMILES string of the molecule is CCNC(c1c(Cl)cnn1C)C1(N(C)C)CCCCCC1. The molecule has 0 spiro atoms. The molecule has 1 atom stereocenters. The molecule has 1 saturated carbocycles. The number of hydrogen-bond acceptors (Lipinski definition) is 3. The number of nitrogens with one attached hydrogen (secondary N) is 1. The summed E-state index contributed by atoms with van der Waals surface area (Å²) in [5, 5.41) is 8.83. The van der Waals surface area contributed by atoms with Gasteiger partial charge < -0.3 is 10.2 Å². The van der Waals surface area contributed by atoms with Crippen LogP contribution in [0.1, 0.15) is 57.2 Å². The number of halogens is 1. The zero-order chi connectivity index (χ0) is 15.5. The van der Waals surface area contributed by atoms with Crippen molar-refractivity contribution in [3.8, 4) is 0 Å². The summed E-state index contributed by atoms with van der Waals surface area (Å²) in [4.78, 5) is 2.41. The Labute approximate surface area is 133 Å². The standard InChI is InChI=1S/C16H29ClN4/c1-5-18-15(14-13(17)12-19-21(14)4)16(20(2)3)10-8-6-7-9-11-16/h12,15,18H,5-11H2,1-4H3. The average Bonchev–Trinajstić information content (AvgIpc) is 2.68. The van der Waals surface area contributed by atoms with E-state index in [1.807, 2.05) is 11.7 Å². The predicted octanol–water partition coefficient (Wildman–Crippen LogP) is 3.38. The maximum absolute atomic E-state index is 6.46. The molecule has 1 aromatic rings. The molecule has 1 aliphatic rings. The molecule has 4 nitrogen and oxygen atoms in total. The molecule has 1 N–H and O–H groups in total. The lowest BCUT2D eigenvalue weighted by Crippen LogP contribution is -2.54. The number of aryl methyl sites for hydroxylation is 1.